The first kappa shape index (κ1) is 25.2. The van der Waals surface area contributed by atoms with Crippen molar-refractivity contribution in [2.24, 2.45) is 4.99 Å². The number of anilines is 1. The number of rotatable bonds is 11. The highest BCUT2D eigenvalue weighted by Crippen LogP contribution is 2.23. The molecule has 5 nitrogen and oxygen atoms in total. The summed E-state index contributed by atoms with van der Waals surface area (Å²) in [6.07, 6.45) is 10.0. The monoisotopic (exact) mass is 463 g/mol. The van der Waals surface area contributed by atoms with Gasteiger partial charge in [0.15, 0.2) is 0 Å². The van der Waals surface area contributed by atoms with Crippen LogP contribution in [0.5, 0.6) is 5.75 Å². The molecule has 180 valence electrons. The van der Waals surface area contributed by atoms with Crippen molar-refractivity contribution in [3.8, 4) is 5.75 Å². The van der Waals surface area contributed by atoms with Crippen LogP contribution in [0.2, 0.25) is 0 Å². The second-order valence-corrected chi connectivity index (χ2v) is 8.31. The first-order valence-electron chi connectivity index (χ1n) is 12.0. The molecule has 0 saturated carbocycles. The van der Waals surface area contributed by atoms with E-state index in [9.17, 15) is 9.18 Å². The Labute approximate surface area is 202 Å². The van der Waals surface area contributed by atoms with E-state index >= 15 is 0 Å². The number of carbonyl (C=O) groups excluding carboxylic acids is 1. The molecule has 2 aromatic carbocycles. The van der Waals surface area contributed by atoms with Crippen LogP contribution >= 0.6 is 0 Å². The molecule has 6 heteroatoms. The van der Waals surface area contributed by atoms with Crippen LogP contribution in [-0.4, -0.2) is 32.3 Å². The summed E-state index contributed by atoms with van der Waals surface area (Å²) in [7, 11) is 0. The van der Waals surface area contributed by atoms with Crippen LogP contribution in [-0.2, 0) is 11.3 Å². The van der Waals surface area contributed by atoms with E-state index in [4.69, 9.17) is 4.74 Å². The third kappa shape index (κ3) is 7.87. The van der Waals surface area contributed by atoms with Gasteiger partial charge < -0.3 is 15.0 Å². The second-order valence-electron chi connectivity index (χ2n) is 8.31. The van der Waals surface area contributed by atoms with Gasteiger partial charge in [-0.1, -0.05) is 24.3 Å². The zero-order chi connectivity index (χ0) is 24.2. The number of nitrogens with zero attached hydrogens (tertiary/aromatic N) is 2. The first-order valence-corrected chi connectivity index (χ1v) is 12.0. The Morgan fingerprint density at radius 3 is 2.65 bits per heavy atom. The van der Waals surface area contributed by atoms with Gasteiger partial charge in [0.2, 0.25) is 5.91 Å². The van der Waals surface area contributed by atoms with Crippen LogP contribution in [0.1, 0.15) is 50.2 Å². The van der Waals surface area contributed by atoms with Crippen LogP contribution in [0.3, 0.4) is 0 Å². The number of nitrogens with one attached hydrogen (secondary N) is 1. The minimum atomic E-state index is -0.264. The molecule has 1 aliphatic rings. The third-order valence-corrected chi connectivity index (χ3v) is 5.72. The Morgan fingerprint density at radius 2 is 1.94 bits per heavy atom. The SMILES string of the molecule is C=N/C=C(\C=C/CCC(=O)NCc1cc(F)cc(N2CCCCC2)c1)c1ccc(OCC)cc1. The summed E-state index contributed by atoms with van der Waals surface area (Å²) in [4.78, 5) is 18.4. The molecule has 1 heterocycles. The van der Waals surface area contributed by atoms with Crippen molar-refractivity contribution in [1.82, 2.24) is 5.32 Å². The van der Waals surface area contributed by atoms with Gasteiger partial charge in [0.05, 0.1) is 6.61 Å². The fourth-order valence-electron chi connectivity index (χ4n) is 4.01. The number of piperidine rings is 1. The standard InChI is InChI=1S/C28H34FN3O2/c1-3-34-27-13-11-23(12-14-27)24(21-30-2)9-5-6-10-28(33)31-20-22-17-25(29)19-26(18-22)32-15-7-4-8-16-32/h5,9,11-14,17-19,21H,2-4,6-8,10,15-16,20H2,1H3,(H,31,33)/b9-5-,24-21+. The van der Waals surface area contributed by atoms with E-state index < -0.39 is 0 Å². The fourth-order valence-corrected chi connectivity index (χ4v) is 4.01. The lowest BCUT2D eigenvalue weighted by molar-refractivity contribution is -0.121. The van der Waals surface area contributed by atoms with Gasteiger partial charge in [0.1, 0.15) is 11.6 Å². The fraction of sp³-hybridized carbons (Fsp3) is 0.357. The average Bonchev–Trinajstić information content (AvgIpc) is 2.85. The Balaban J connectivity index is 1.49. The van der Waals surface area contributed by atoms with Crippen LogP contribution < -0.4 is 15.0 Å². The Hall–Kier alpha value is -3.41. The van der Waals surface area contributed by atoms with E-state index in [0.29, 0.717) is 26.0 Å². The molecule has 1 aliphatic heterocycles. The summed E-state index contributed by atoms with van der Waals surface area (Å²) in [6.45, 7) is 8.34. The molecule has 0 unspecified atom stereocenters. The summed E-state index contributed by atoms with van der Waals surface area (Å²) in [6, 6.07) is 12.8. The number of ether oxygens (including phenoxy) is 1. The highest BCUT2D eigenvalue weighted by atomic mass is 19.1. The number of hydrogen-bond donors (Lipinski definition) is 1. The minimum absolute atomic E-state index is 0.0677. The van der Waals surface area contributed by atoms with E-state index in [1.54, 1.807) is 12.3 Å². The second kappa shape index (κ2) is 13.3. The van der Waals surface area contributed by atoms with Crippen molar-refractivity contribution < 1.29 is 13.9 Å². The summed E-state index contributed by atoms with van der Waals surface area (Å²) >= 11 is 0. The van der Waals surface area contributed by atoms with E-state index in [-0.39, 0.29) is 11.7 Å². The molecule has 1 N–H and O–H groups in total. The number of halogens is 1. The molecule has 0 spiro atoms. The van der Waals surface area contributed by atoms with Crippen LogP contribution in [0.15, 0.2) is 65.8 Å². The third-order valence-electron chi connectivity index (χ3n) is 5.72. The van der Waals surface area contributed by atoms with Gasteiger partial charge in [-0.15, -0.1) is 0 Å². The molecule has 3 rings (SSSR count). The van der Waals surface area contributed by atoms with Crippen LogP contribution in [0.25, 0.3) is 5.57 Å². The van der Waals surface area contributed by atoms with Crippen LogP contribution in [0, 0.1) is 5.82 Å². The Bertz CT molecular complexity index is 1010. The van der Waals surface area contributed by atoms with Crippen molar-refractivity contribution in [2.45, 2.75) is 45.6 Å². The van der Waals surface area contributed by atoms with Crippen molar-refractivity contribution in [1.29, 1.82) is 0 Å². The van der Waals surface area contributed by atoms with Crippen molar-refractivity contribution >= 4 is 23.9 Å². The predicted octanol–water partition coefficient (Wildman–Crippen LogP) is 5.91. The summed E-state index contributed by atoms with van der Waals surface area (Å²) < 4.78 is 19.6. The highest BCUT2D eigenvalue weighted by Gasteiger charge is 2.13. The van der Waals surface area contributed by atoms with Crippen molar-refractivity contribution in [3.05, 3.63) is 77.8 Å². The maximum absolute atomic E-state index is 14.1. The first-order chi connectivity index (χ1) is 16.6. The topological polar surface area (TPSA) is 53.9 Å². The smallest absolute Gasteiger partial charge is 0.220 e. The summed E-state index contributed by atoms with van der Waals surface area (Å²) in [5.74, 6) is 0.487. The van der Waals surface area contributed by atoms with Crippen molar-refractivity contribution in [3.63, 3.8) is 0 Å². The molecular formula is C28H34FN3O2. The number of hydrogen-bond acceptors (Lipinski definition) is 4. The van der Waals surface area contributed by atoms with Gasteiger partial charge in [-0.05, 0) is 86.4 Å². The van der Waals surface area contributed by atoms with Gasteiger partial charge in [-0.2, -0.15) is 0 Å². The normalized spacial score (nSPS) is 14.3. The Kier molecular flexibility index (Phi) is 9.89. The van der Waals surface area contributed by atoms with Crippen molar-refractivity contribution in [2.75, 3.05) is 24.6 Å². The average molecular weight is 464 g/mol. The van der Waals surface area contributed by atoms with Gasteiger partial charge in [0.25, 0.3) is 0 Å². The molecule has 2 aromatic rings. The number of carbonyl (C=O) groups is 1. The van der Waals surface area contributed by atoms with E-state index in [2.05, 4.69) is 21.9 Å². The molecule has 1 fully saturated rings. The minimum Gasteiger partial charge on any atom is -0.494 e. The molecule has 0 bridgehead atoms. The van der Waals surface area contributed by atoms with Crippen LogP contribution in [0.4, 0.5) is 10.1 Å². The van der Waals surface area contributed by atoms with E-state index in [1.807, 2.05) is 49.4 Å². The quantitative estimate of drug-likeness (QED) is 0.333. The van der Waals surface area contributed by atoms with Gasteiger partial charge >= 0.3 is 0 Å². The lowest BCUT2D eigenvalue weighted by Crippen LogP contribution is -2.29. The number of aliphatic imine (C=N–C) groups is 1. The van der Waals surface area contributed by atoms with Gasteiger partial charge in [-0.3, -0.25) is 9.79 Å². The zero-order valence-electron chi connectivity index (χ0n) is 19.9. The van der Waals surface area contributed by atoms with E-state index in [1.165, 1.54) is 12.5 Å². The summed E-state index contributed by atoms with van der Waals surface area (Å²) in [5.41, 5.74) is 3.58. The lowest BCUT2D eigenvalue weighted by Gasteiger charge is -2.29. The Morgan fingerprint density at radius 1 is 1.18 bits per heavy atom. The van der Waals surface area contributed by atoms with E-state index in [0.717, 1.165) is 54.1 Å². The molecule has 0 aromatic heterocycles. The number of benzene rings is 2. The maximum atomic E-state index is 14.1. The molecule has 0 atom stereocenters. The maximum Gasteiger partial charge on any atom is 0.220 e. The summed E-state index contributed by atoms with van der Waals surface area (Å²) in [5, 5.41) is 2.90. The molecule has 1 amide bonds. The molecule has 0 aliphatic carbocycles. The molecule has 1 saturated heterocycles. The van der Waals surface area contributed by atoms with Gasteiger partial charge in [-0.25, -0.2) is 4.39 Å². The molecular weight excluding hydrogens is 429 g/mol. The molecule has 34 heavy (non-hydrogen) atoms. The van der Waals surface area contributed by atoms with Gasteiger partial charge in [0, 0.05) is 37.9 Å². The highest BCUT2D eigenvalue weighted by molar-refractivity contribution is 5.77. The number of allylic oxidation sites excluding steroid dienone is 3. The number of amides is 1. The lowest BCUT2D eigenvalue weighted by atomic mass is 10.1. The predicted molar refractivity (Wildman–Crippen MR) is 138 cm³/mol. The molecule has 0 radical (unpaired) electrons. The zero-order valence-corrected chi connectivity index (χ0v) is 19.9. The largest absolute Gasteiger partial charge is 0.494 e.